The Bertz CT molecular complexity index is 355. The molecular weight excluding hydrogens is 270 g/mol. The van der Waals surface area contributed by atoms with Gasteiger partial charge in [-0.05, 0) is 19.1 Å². The molecule has 1 unspecified atom stereocenters. The third-order valence-electron chi connectivity index (χ3n) is 2.15. The van der Waals surface area contributed by atoms with Crippen molar-refractivity contribution in [1.82, 2.24) is 0 Å². The average Bonchev–Trinajstić information content (AvgIpc) is 2.17. The zero-order chi connectivity index (χ0) is 12.0. The summed E-state index contributed by atoms with van der Waals surface area (Å²) in [7, 11) is 1.98. The number of carbonyl (C=O) groups is 1. The molecule has 88 valence electrons. The first-order valence-electron chi connectivity index (χ1n) is 5.33. The van der Waals surface area contributed by atoms with E-state index >= 15 is 0 Å². The summed E-state index contributed by atoms with van der Waals surface area (Å²) in [5.41, 5.74) is 1.20. The van der Waals surface area contributed by atoms with Crippen molar-refractivity contribution in [2.45, 2.75) is 13.5 Å². The van der Waals surface area contributed by atoms with Crippen LogP contribution >= 0.6 is 15.9 Å². The smallest absolute Gasteiger partial charge is 0.361 e. The van der Waals surface area contributed by atoms with Crippen LogP contribution in [0.15, 0.2) is 28.7 Å². The third kappa shape index (κ3) is 4.77. The Kier molecular flexibility index (Phi) is 5.49. The van der Waals surface area contributed by atoms with Crippen molar-refractivity contribution in [2.24, 2.45) is 0 Å². The van der Waals surface area contributed by atoms with Crippen molar-refractivity contribution in [2.75, 3.05) is 20.2 Å². The van der Waals surface area contributed by atoms with Crippen LogP contribution in [0.1, 0.15) is 12.5 Å². The number of carbonyl (C=O) groups excluding carboxylic acids is 1. The molecule has 0 saturated carbocycles. The van der Waals surface area contributed by atoms with Crippen LogP contribution in [-0.2, 0) is 16.1 Å². The molecule has 0 aliphatic rings. The Labute approximate surface area is 105 Å². The Morgan fingerprint density at radius 3 is 2.88 bits per heavy atom. The van der Waals surface area contributed by atoms with E-state index in [-0.39, 0.29) is 5.97 Å². The Morgan fingerprint density at radius 1 is 1.50 bits per heavy atom. The van der Waals surface area contributed by atoms with E-state index in [4.69, 9.17) is 4.74 Å². The molecule has 0 bridgehead atoms. The van der Waals surface area contributed by atoms with Gasteiger partial charge in [0, 0.05) is 10.0 Å². The van der Waals surface area contributed by atoms with Gasteiger partial charge in [0.15, 0.2) is 6.54 Å². The number of likely N-dealkylation sites (N-methyl/N-ethyl adjacent to an activating group) is 1. The van der Waals surface area contributed by atoms with Crippen molar-refractivity contribution >= 4 is 21.9 Å². The van der Waals surface area contributed by atoms with Crippen LogP contribution in [0.25, 0.3) is 0 Å². The predicted octanol–water partition coefficient (Wildman–Crippen LogP) is 1.03. The second-order valence-corrected chi connectivity index (χ2v) is 4.66. The molecule has 0 aliphatic carbocycles. The monoisotopic (exact) mass is 286 g/mol. The maximum Gasteiger partial charge on any atom is 0.361 e. The molecule has 0 radical (unpaired) electrons. The van der Waals surface area contributed by atoms with Gasteiger partial charge in [0.05, 0.1) is 13.7 Å². The molecular formula is C12H17BrNO2+. The maximum atomic E-state index is 11.3. The summed E-state index contributed by atoms with van der Waals surface area (Å²) in [6, 6.07) is 8.11. The van der Waals surface area contributed by atoms with Gasteiger partial charge in [-0.2, -0.15) is 0 Å². The van der Waals surface area contributed by atoms with Gasteiger partial charge >= 0.3 is 5.97 Å². The van der Waals surface area contributed by atoms with Crippen molar-refractivity contribution in [1.29, 1.82) is 0 Å². The fourth-order valence-electron chi connectivity index (χ4n) is 1.52. The summed E-state index contributed by atoms with van der Waals surface area (Å²) in [5, 5.41) is 0. The normalized spacial score (nSPS) is 12.2. The number of rotatable bonds is 5. The number of ether oxygens (including phenoxy) is 1. The standard InChI is InChI=1S/C12H16BrNO2/c1-3-16-12(15)9-14(2)8-10-5-4-6-11(13)7-10/h4-7H,3,8-9H2,1-2H3/p+1. The van der Waals surface area contributed by atoms with E-state index < -0.39 is 0 Å². The average molecular weight is 287 g/mol. The van der Waals surface area contributed by atoms with E-state index in [1.165, 1.54) is 5.56 Å². The second-order valence-electron chi connectivity index (χ2n) is 3.75. The van der Waals surface area contributed by atoms with Crippen molar-refractivity contribution in [3.8, 4) is 0 Å². The van der Waals surface area contributed by atoms with E-state index in [1.807, 2.05) is 26.1 Å². The molecule has 1 rings (SSSR count). The van der Waals surface area contributed by atoms with Gasteiger partial charge in [-0.3, -0.25) is 0 Å². The molecule has 0 amide bonds. The lowest BCUT2D eigenvalue weighted by Gasteiger charge is -2.13. The summed E-state index contributed by atoms with van der Waals surface area (Å²) in [6.07, 6.45) is 0. The fraction of sp³-hybridized carbons (Fsp3) is 0.417. The number of halogens is 1. The second kappa shape index (κ2) is 6.66. The molecule has 0 saturated heterocycles. The van der Waals surface area contributed by atoms with E-state index in [0.29, 0.717) is 13.2 Å². The lowest BCUT2D eigenvalue weighted by molar-refractivity contribution is -0.886. The number of nitrogens with one attached hydrogen (secondary N) is 1. The number of hydrogen-bond donors (Lipinski definition) is 1. The predicted molar refractivity (Wildman–Crippen MR) is 66.2 cm³/mol. The molecule has 1 N–H and O–H groups in total. The highest BCUT2D eigenvalue weighted by Crippen LogP contribution is 2.10. The van der Waals surface area contributed by atoms with E-state index in [1.54, 1.807) is 0 Å². The third-order valence-corrected chi connectivity index (χ3v) is 2.64. The van der Waals surface area contributed by atoms with Crippen LogP contribution in [0, 0.1) is 0 Å². The van der Waals surface area contributed by atoms with Gasteiger partial charge in [-0.1, -0.05) is 28.1 Å². The van der Waals surface area contributed by atoms with Crippen LogP contribution < -0.4 is 4.90 Å². The molecule has 1 aromatic rings. The van der Waals surface area contributed by atoms with E-state index in [9.17, 15) is 4.79 Å². The minimum Gasteiger partial charge on any atom is -0.462 e. The van der Waals surface area contributed by atoms with Crippen LogP contribution in [-0.4, -0.2) is 26.2 Å². The molecule has 0 aliphatic heterocycles. The van der Waals surface area contributed by atoms with Crippen molar-refractivity contribution < 1.29 is 14.4 Å². The minimum absolute atomic E-state index is 0.144. The van der Waals surface area contributed by atoms with Gasteiger partial charge in [-0.15, -0.1) is 0 Å². The first-order valence-corrected chi connectivity index (χ1v) is 6.12. The lowest BCUT2D eigenvalue weighted by atomic mass is 10.2. The number of quaternary nitrogens is 1. The van der Waals surface area contributed by atoms with Crippen LogP contribution in [0.3, 0.4) is 0 Å². The largest absolute Gasteiger partial charge is 0.462 e. The lowest BCUT2D eigenvalue weighted by Crippen LogP contribution is -3.08. The maximum absolute atomic E-state index is 11.3. The summed E-state index contributed by atoms with van der Waals surface area (Å²) in [6.45, 7) is 3.49. The highest BCUT2D eigenvalue weighted by Gasteiger charge is 2.10. The molecule has 16 heavy (non-hydrogen) atoms. The topological polar surface area (TPSA) is 30.7 Å². The minimum atomic E-state index is -0.144. The highest BCUT2D eigenvalue weighted by atomic mass is 79.9. The summed E-state index contributed by atoms with van der Waals surface area (Å²) >= 11 is 3.43. The molecule has 0 heterocycles. The van der Waals surface area contributed by atoms with Crippen molar-refractivity contribution in [3.05, 3.63) is 34.3 Å². The van der Waals surface area contributed by atoms with Crippen LogP contribution in [0.4, 0.5) is 0 Å². The van der Waals surface area contributed by atoms with Crippen LogP contribution in [0.2, 0.25) is 0 Å². The molecule has 1 atom stereocenters. The molecule has 1 aromatic carbocycles. The zero-order valence-corrected chi connectivity index (χ0v) is 11.2. The fourth-order valence-corrected chi connectivity index (χ4v) is 1.96. The number of esters is 1. The molecule has 0 fully saturated rings. The van der Waals surface area contributed by atoms with Gasteiger partial charge in [-0.25, -0.2) is 4.79 Å². The van der Waals surface area contributed by atoms with E-state index in [2.05, 4.69) is 28.1 Å². The molecule has 0 aromatic heterocycles. The van der Waals surface area contributed by atoms with Gasteiger partial charge < -0.3 is 9.64 Å². The first-order chi connectivity index (χ1) is 7.61. The van der Waals surface area contributed by atoms with Crippen molar-refractivity contribution in [3.63, 3.8) is 0 Å². The van der Waals surface area contributed by atoms with E-state index in [0.717, 1.165) is 15.9 Å². The summed E-state index contributed by atoms with van der Waals surface area (Å²) < 4.78 is 5.97. The summed E-state index contributed by atoms with van der Waals surface area (Å²) in [5.74, 6) is -0.144. The first kappa shape index (κ1) is 13.2. The quantitative estimate of drug-likeness (QED) is 0.820. The SMILES string of the molecule is CCOC(=O)C[NH+](C)Cc1cccc(Br)c1. The zero-order valence-electron chi connectivity index (χ0n) is 9.63. The number of hydrogen-bond acceptors (Lipinski definition) is 2. The molecule has 3 nitrogen and oxygen atoms in total. The number of benzene rings is 1. The van der Waals surface area contributed by atoms with Gasteiger partial charge in [0.2, 0.25) is 0 Å². The van der Waals surface area contributed by atoms with Crippen LogP contribution in [0.5, 0.6) is 0 Å². The molecule has 4 heteroatoms. The molecule has 0 spiro atoms. The Balaban J connectivity index is 2.45. The summed E-state index contributed by atoms with van der Waals surface area (Å²) in [4.78, 5) is 12.4. The highest BCUT2D eigenvalue weighted by molar-refractivity contribution is 9.10. The Morgan fingerprint density at radius 2 is 2.25 bits per heavy atom. The van der Waals surface area contributed by atoms with Gasteiger partial charge in [0.25, 0.3) is 0 Å². The Hall–Kier alpha value is -0.870. The van der Waals surface area contributed by atoms with Gasteiger partial charge in [0.1, 0.15) is 6.54 Å².